The molecule has 0 unspecified atom stereocenters. The van der Waals surface area contributed by atoms with Crippen molar-refractivity contribution in [2.24, 2.45) is 5.10 Å². The molecule has 1 aliphatic rings. The summed E-state index contributed by atoms with van der Waals surface area (Å²) in [6, 6.07) is 23.8. The first-order valence-electron chi connectivity index (χ1n) is 11.1. The summed E-state index contributed by atoms with van der Waals surface area (Å²) in [5.41, 5.74) is 4.84. The van der Waals surface area contributed by atoms with Crippen molar-refractivity contribution in [1.29, 1.82) is 0 Å². The summed E-state index contributed by atoms with van der Waals surface area (Å²) in [5.74, 6) is 0. The van der Waals surface area contributed by atoms with Gasteiger partial charge < -0.3 is 0 Å². The fourth-order valence-electron chi connectivity index (χ4n) is 3.76. The van der Waals surface area contributed by atoms with E-state index in [0.717, 1.165) is 42.5 Å². The van der Waals surface area contributed by atoms with Gasteiger partial charge in [-0.3, -0.25) is 0 Å². The van der Waals surface area contributed by atoms with Crippen LogP contribution < -0.4 is 0 Å². The van der Waals surface area contributed by atoms with Crippen molar-refractivity contribution >= 4 is 114 Å². The maximum atomic E-state index is 6.63. The van der Waals surface area contributed by atoms with E-state index in [0.29, 0.717) is 20.8 Å². The molecule has 12 heteroatoms. The van der Waals surface area contributed by atoms with Gasteiger partial charge in [0, 0.05) is 34.1 Å². The molecule has 0 saturated heterocycles. The van der Waals surface area contributed by atoms with Crippen LogP contribution in [0.3, 0.4) is 0 Å². The summed E-state index contributed by atoms with van der Waals surface area (Å²) >= 11 is 19.4. The molecule has 0 radical (unpaired) electrons. The molecule has 0 atom stereocenters. The van der Waals surface area contributed by atoms with Crippen LogP contribution in [-0.4, -0.2) is 25.2 Å². The second-order valence-electron chi connectivity index (χ2n) is 8.30. The molecule has 37 heavy (non-hydrogen) atoms. The van der Waals surface area contributed by atoms with Crippen molar-refractivity contribution < 1.29 is 4.68 Å². The zero-order chi connectivity index (χ0) is 27.3. The van der Waals surface area contributed by atoms with Gasteiger partial charge in [0.1, 0.15) is 15.8 Å². The molecule has 0 N–H and O–H groups in total. The first kappa shape index (κ1) is 31.9. The fraction of sp³-hybridized carbons (Fsp3) is 0.200. The van der Waals surface area contributed by atoms with E-state index in [-0.39, 0.29) is 0 Å². The molecule has 1 aliphatic carbocycles. The van der Waals surface area contributed by atoms with Crippen LogP contribution >= 0.6 is 87.8 Å². The number of benzene rings is 3. The maximum absolute atomic E-state index is 6.63. The van der Waals surface area contributed by atoms with Crippen LogP contribution in [0.1, 0.15) is 43.2 Å². The molecule has 200 valence electrons. The summed E-state index contributed by atoms with van der Waals surface area (Å²) in [6.45, 7) is 0. The van der Waals surface area contributed by atoms with Crippen LogP contribution in [0.4, 0.5) is 5.69 Å². The SMILES string of the molecule is Clc1cc(Cl)c([N+](N=C(c2ccccc2)c2ccccc2)=C2CCCCC2)c(Cl)c1.[Cl][Sb-]([Cl])([Cl])([Cl])([Cl])[Cl]. The van der Waals surface area contributed by atoms with Crippen LogP contribution in [0.25, 0.3) is 0 Å². The molecule has 4 rings (SSSR count). The van der Waals surface area contributed by atoms with Crippen molar-refractivity contribution in [2.75, 3.05) is 0 Å². The van der Waals surface area contributed by atoms with E-state index in [9.17, 15) is 0 Å². The molecule has 0 amide bonds. The molecular formula is C25H22Cl9N2Sb. The third-order valence-corrected chi connectivity index (χ3v) is 6.01. The zero-order valence-corrected chi connectivity index (χ0v) is 28.6. The first-order valence-corrected chi connectivity index (χ1v) is 31.7. The first-order chi connectivity index (χ1) is 17.1. The third kappa shape index (κ3) is 11.8. The Morgan fingerprint density at radius 2 is 1.05 bits per heavy atom. The topological polar surface area (TPSA) is 15.4 Å². The monoisotopic (exact) mass is 786 g/mol. The second kappa shape index (κ2) is 12.5. The molecule has 2 nitrogen and oxygen atoms in total. The summed E-state index contributed by atoms with van der Waals surface area (Å²) in [7, 11) is 25.0. The van der Waals surface area contributed by atoms with Gasteiger partial charge in [-0.1, -0.05) is 107 Å². The van der Waals surface area contributed by atoms with Crippen molar-refractivity contribution in [3.8, 4) is 0 Å². The quantitative estimate of drug-likeness (QED) is 0.108. The normalized spacial score (nSPS) is 15.5. The Morgan fingerprint density at radius 3 is 1.46 bits per heavy atom. The molecule has 0 heterocycles. The summed E-state index contributed by atoms with van der Waals surface area (Å²) in [6.07, 6.45) is 5.44. The number of hydrazone groups is 1. The van der Waals surface area contributed by atoms with Crippen LogP contribution in [-0.2, 0) is 0 Å². The zero-order valence-electron chi connectivity index (χ0n) is 19.2. The van der Waals surface area contributed by atoms with Gasteiger partial charge in [0.2, 0.25) is 0 Å². The number of nitrogens with zero attached hydrogens (tertiary/aromatic N) is 2. The van der Waals surface area contributed by atoms with Crippen LogP contribution in [0.2, 0.25) is 15.1 Å². The Labute approximate surface area is 252 Å². The van der Waals surface area contributed by atoms with Gasteiger partial charge in [0.25, 0.3) is 5.69 Å². The number of hydrogen-bond donors (Lipinski definition) is 0. The molecule has 3 aromatic rings. The Balaban J connectivity index is 0.000000479. The average molecular weight is 791 g/mol. The minimum atomic E-state index is -5.42. The molecule has 0 spiro atoms. The molecule has 3 aromatic carbocycles. The number of halogens is 9. The summed E-state index contributed by atoms with van der Waals surface area (Å²) in [4.78, 5) is 0. The Bertz CT molecular complexity index is 1220. The number of rotatable bonds is 4. The van der Waals surface area contributed by atoms with E-state index >= 15 is 0 Å². The third-order valence-electron chi connectivity index (χ3n) is 5.22. The molecule has 0 bridgehead atoms. The standard InChI is InChI=1S/C25H22Cl3N2.6ClH.Sb/c26-20-16-22(27)25(23(28)17-20)30(21-14-8-3-9-15-21)29-24(18-10-4-1-5-11-18)19-12-6-2-7-13-19;;;;;;;/h1-2,4-7,10-13,16-17H,3,8-9,14-15H2;6*1H;/q+1;;;;;;;+5/p-6. The number of hydrogen-bond acceptors (Lipinski definition) is 1. The summed E-state index contributed by atoms with van der Waals surface area (Å²) < 4.78 is 1.95. The van der Waals surface area contributed by atoms with Gasteiger partial charge in [0.15, 0.2) is 5.71 Å². The second-order valence-corrected chi connectivity index (χ2v) is 66.4. The summed E-state index contributed by atoms with van der Waals surface area (Å²) in [5, 5.41) is 6.66. The Hall–Kier alpha value is 0.428. The molecule has 0 aliphatic heterocycles. The van der Waals surface area contributed by atoms with E-state index in [4.69, 9.17) is 92.9 Å². The molecule has 0 aromatic heterocycles. The van der Waals surface area contributed by atoms with Gasteiger partial charge in [0.05, 0.1) is 0 Å². The predicted molar refractivity (Wildman–Crippen MR) is 169 cm³/mol. The van der Waals surface area contributed by atoms with Crippen LogP contribution in [0, 0.1) is 0 Å². The van der Waals surface area contributed by atoms with Crippen molar-refractivity contribution in [3.05, 3.63) is 99.0 Å². The predicted octanol–water partition coefficient (Wildman–Crippen LogP) is 11.9. The van der Waals surface area contributed by atoms with Gasteiger partial charge in [-0.2, -0.15) is 0 Å². The molecular weight excluding hydrogens is 769 g/mol. The van der Waals surface area contributed by atoms with Crippen molar-refractivity contribution in [3.63, 3.8) is 0 Å². The van der Waals surface area contributed by atoms with Crippen LogP contribution in [0.5, 0.6) is 0 Å². The van der Waals surface area contributed by atoms with Gasteiger partial charge in [-0.15, -0.1) is 0 Å². The van der Waals surface area contributed by atoms with Crippen molar-refractivity contribution in [2.45, 2.75) is 32.1 Å². The van der Waals surface area contributed by atoms with E-state index in [2.05, 4.69) is 24.3 Å². The van der Waals surface area contributed by atoms with E-state index in [1.807, 2.05) is 41.1 Å². The van der Waals surface area contributed by atoms with E-state index in [1.54, 1.807) is 12.1 Å². The van der Waals surface area contributed by atoms with E-state index < -0.39 is 9.14 Å². The minimum absolute atomic E-state index is 0.495. The Morgan fingerprint density at radius 1 is 0.649 bits per heavy atom. The molecule has 1 fully saturated rings. The molecule has 1 saturated carbocycles. The van der Waals surface area contributed by atoms with Gasteiger partial charge in [-0.05, 0) is 25.0 Å². The Kier molecular flexibility index (Phi) is 10.8. The van der Waals surface area contributed by atoms with Crippen molar-refractivity contribution in [1.82, 2.24) is 0 Å². The fourth-order valence-corrected chi connectivity index (χ4v) is 4.74. The average Bonchev–Trinajstić information content (AvgIpc) is 2.80. The van der Waals surface area contributed by atoms with Crippen LogP contribution in [0.15, 0.2) is 77.9 Å². The van der Waals surface area contributed by atoms with Gasteiger partial charge >= 0.3 is 62.1 Å². The van der Waals surface area contributed by atoms with E-state index in [1.165, 1.54) is 12.1 Å². The van der Waals surface area contributed by atoms with Gasteiger partial charge in [-0.25, -0.2) is 0 Å².